The Morgan fingerprint density at radius 1 is 1.03 bits per heavy atom. The number of rotatable bonds is 8. The molecule has 1 fully saturated rings. The number of likely N-dealkylation sites (tertiary alicyclic amines) is 1. The van der Waals surface area contributed by atoms with Crippen molar-refractivity contribution in [1.29, 1.82) is 0 Å². The van der Waals surface area contributed by atoms with Crippen LogP contribution in [-0.2, 0) is 21.1 Å². The lowest BCUT2D eigenvalue weighted by Crippen LogP contribution is -2.45. The molecule has 1 amide bonds. The number of nitrogens with zero attached hydrogens (tertiary/aromatic N) is 1. The first-order valence-corrected chi connectivity index (χ1v) is 12.3. The van der Waals surface area contributed by atoms with E-state index in [0.29, 0.717) is 32.0 Å². The maximum atomic E-state index is 14.0. The van der Waals surface area contributed by atoms with Crippen LogP contribution in [0.15, 0.2) is 41.3 Å². The highest BCUT2D eigenvalue weighted by Gasteiger charge is 2.29. The van der Waals surface area contributed by atoms with Crippen LogP contribution in [0, 0.1) is 29.2 Å². The third-order valence-electron chi connectivity index (χ3n) is 6.12. The molecule has 1 atom stereocenters. The van der Waals surface area contributed by atoms with Gasteiger partial charge in [-0.1, -0.05) is 0 Å². The maximum Gasteiger partial charge on any atom is 0.223 e. The molecule has 1 N–H and O–H groups in total. The van der Waals surface area contributed by atoms with E-state index in [1.54, 1.807) is 11.9 Å². The van der Waals surface area contributed by atoms with Gasteiger partial charge in [0.15, 0.2) is 21.5 Å². The van der Waals surface area contributed by atoms with Crippen LogP contribution >= 0.6 is 0 Å². The average molecular weight is 487 g/mol. The van der Waals surface area contributed by atoms with Gasteiger partial charge in [0.25, 0.3) is 0 Å². The van der Waals surface area contributed by atoms with E-state index in [4.69, 9.17) is 0 Å². The molecule has 0 unspecified atom stereocenters. The lowest BCUT2D eigenvalue weighted by atomic mass is 9.85. The van der Waals surface area contributed by atoms with Crippen LogP contribution in [0.25, 0.3) is 0 Å². The number of hydrogen-bond acceptors (Lipinski definition) is 4. The summed E-state index contributed by atoms with van der Waals surface area (Å²) in [5.74, 6) is -4.25. The first-order valence-electron chi connectivity index (χ1n) is 10.7. The summed E-state index contributed by atoms with van der Waals surface area (Å²) in [5.41, 5.74) is 0.0813. The predicted molar refractivity (Wildman–Crippen MR) is 115 cm³/mol. The van der Waals surface area contributed by atoms with Crippen molar-refractivity contribution in [3.8, 4) is 0 Å². The molecule has 3 rings (SSSR count). The molecule has 1 aliphatic heterocycles. The molecule has 2 aromatic carbocycles. The summed E-state index contributed by atoms with van der Waals surface area (Å²) in [6, 6.07) is 5.69. The average Bonchev–Trinajstić information content (AvgIpc) is 2.79. The molecule has 1 saturated heterocycles. The van der Waals surface area contributed by atoms with Crippen molar-refractivity contribution < 1.29 is 30.8 Å². The number of carbonyl (C=O) groups is 1. The van der Waals surface area contributed by atoms with Crippen LogP contribution in [0.1, 0.15) is 24.8 Å². The van der Waals surface area contributed by atoms with Crippen LogP contribution < -0.4 is 5.32 Å². The highest BCUT2D eigenvalue weighted by Crippen LogP contribution is 2.25. The quantitative estimate of drug-likeness (QED) is 0.353. The zero-order valence-electron chi connectivity index (χ0n) is 18.2. The lowest BCUT2D eigenvalue weighted by molar-refractivity contribution is -0.132. The number of amides is 1. The minimum Gasteiger partial charge on any atom is -0.343 e. The molecule has 2 aromatic rings. The van der Waals surface area contributed by atoms with E-state index in [9.17, 15) is 30.8 Å². The van der Waals surface area contributed by atoms with Gasteiger partial charge >= 0.3 is 0 Å². The number of carbonyl (C=O) groups excluding carboxylic acids is 1. The van der Waals surface area contributed by atoms with E-state index in [0.717, 1.165) is 18.2 Å². The summed E-state index contributed by atoms with van der Waals surface area (Å²) >= 11 is 0. The molecule has 0 spiro atoms. The fourth-order valence-electron chi connectivity index (χ4n) is 4.15. The Kier molecular flexibility index (Phi) is 8.12. The Bertz CT molecular complexity index is 1090. The number of hydrogen-bond donors (Lipinski definition) is 1. The van der Waals surface area contributed by atoms with Crippen molar-refractivity contribution >= 4 is 15.7 Å². The van der Waals surface area contributed by atoms with Crippen LogP contribution in [0.5, 0.6) is 0 Å². The van der Waals surface area contributed by atoms with Crippen molar-refractivity contribution in [2.24, 2.45) is 5.92 Å². The van der Waals surface area contributed by atoms with Crippen molar-refractivity contribution in [2.45, 2.75) is 36.6 Å². The smallest absolute Gasteiger partial charge is 0.223 e. The van der Waals surface area contributed by atoms with Crippen molar-refractivity contribution in [3.63, 3.8) is 0 Å². The largest absolute Gasteiger partial charge is 0.343 e. The van der Waals surface area contributed by atoms with Crippen LogP contribution in [0.4, 0.5) is 17.6 Å². The monoisotopic (exact) mass is 486 g/mol. The summed E-state index contributed by atoms with van der Waals surface area (Å²) in [7, 11) is -1.99. The molecule has 0 aliphatic carbocycles. The summed E-state index contributed by atoms with van der Waals surface area (Å²) < 4.78 is 78.5. The van der Waals surface area contributed by atoms with Gasteiger partial charge in [-0.15, -0.1) is 0 Å². The minimum absolute atomic E-state index is 0.0308. The number of piperidine rings is 1. The van der Waals surface area contributed by atoms with E-state index in [1.807, 2.05) is 0 Å². The normalized spacial score (nSPS) is 16.1. The summed E-state index contributed by atoms with van der Waals surface area (Å²) in [4.78, 5) is 14.1. The Hall–Kier alpha value is -2.46. The van der Waals surface area contributed by atoms with Gasteiger partial charge in [0.1, 0.15) is 11.6 Å². The zero-order valence-corrected chi connectivity index (χ0v) is 19.0. The lowest BCUT2D eigenvalue weighted by Gasteiger charge is -2.36. The molecule has 33 heavy (non-hydrogen) atoms. The van der Waals surface area contributed by atoms with Gasteiger partial charge in [0.2, 0.25) is 5.91 Å². The Morgan fingerprint density at radius 2 is 1.64 bits per heavy atom. The second kappa shape index (κ2) is 10.6. The van der Waals surface area contributed by atoms with Crippen molar-refractivity contribution in [3.05, 3.63) is 65.2 Å². The van der Waals surface area contributed by atoms with Gasteiger partial charge in [-0.05, 0) is 68.1 Å². The van der Waals surface area contributed by atoms with Gasteiger partial charge in [-0.2, -0.15) is 0 Å². The van der Waals surface area contributed by atoms with E-state index in [2.05, 4.69) is 5.32 Å². The molecule has 0 bridgehead atoms. The fraction of sp³-hybridized carbons (Fsp3) is 0.435. The van der Waals surface area contributed by atoms with Crippen molar-refractivity contribution in [2.75, 3.05) is 25.9 Å². The molecule has 0 saturated carbocycles. The first-order chi connectivity index (χ1) is 15.6. The Morgan fingerprint density at radius 3 is 2.24 bits per heavy atom. The first kappa shape index (κ1) is 25.2. The molecule has 180 valence electrons. The number of nitrogens with one attached hydrogen (secondary N) is 1. The topological polar surface area (TPSA) is 66.5 Å². The highest BCUT2D eigenvalue weighted by atomic mass is 32.2. The summed E-state index contributed by atoms with van der Waals surface area (Å²) in [6.45, 7) is 0.830. The van der Waals surface area contributed by atoms with E-state index < -0.39 is 33.1 Å². The molecule has 5 nitrogen and oxygen atoms in total. The summed E-state index contributed by atoms with van der Waals surface area (Å²) in [5, 5.41) is 3.10. The van der Waals surface area contributed by atoms with E-state index in [1.165, 1.54) is 12.1 Å². The molecule has 0 aromatic heterocycles. The van der Waals surface area contributed by atoms with Gasteiger partial charge in [0, 0.05) is 31.6 Å². The fourth-order valence-corrected chi connectivity index (χ4v) is 5.38. The second-order valence-electron chi connectivity index (χ2n) is 8.20. The van der Waals surface area contributed by atoms with Gasteiger partial charge in [0.05, 0.1) is 10.6 Å². The number of likely N-dealkylation sites (N-methyl/N-ethyl adjacent to an activating group) is 1. The maximum absolute atomic E-state index is 14.0. The highest BCUT2D eigenvalue weighted by molar-refractivity contribution is 7.91. The van der Waals surface area contributed by atoms with Crippen LogP contribution in [0.2, 0.25) is 0 Å². The SMILES string of the molecule is CN[C@H](Cc1cc(F)c(F)cc1F)C1CCN(C(=O)CCS(=O)(=O)c2ccc(F)cc2)CC1. The third-order valence-corrected chi connectivity index (χ3v) is 7.85. The third kappa shape index (κ3) is 6.32. The van der Waals surface area contributed by atoms with Crippen LogP contribution in [-0.4, -0.2) is 51.2 Å². The molecular weight excluding hydrogens is 460 g/mol. The molecule has 1 aliphatic rings. The van der Waals surface area contributed by atoms with Gasteiger partial charge in [-0.25, -0.2) is 26.0 Å². The Labute approximate surface area is 190 Å². The number of halogens is 4. The minimum atomic E-state index is -3.70. The van der Waals surface area contributed by atoms with Crippen LogP contribution in [0.3, 0.4) is 0 Å². The van der Waals surface area contributed by atoms with Gasteiger partial charge in [-0.3, -0.25) is 4.79 Å². The molecule has 1 heterocycles. The molecule has 10 heteroatoms. The number of benzene rings is 2. The van der Waals surface area contributed by atoms with Crippen molar-refractivity contribution in [1.82, 2.24) is 10.2 Å². The molecule has 0 radical (unpaired) electrons. The summed E-state index contributed by atoms with van der Waals surface area (Å²) in [6.07, 6.45) is 1.20. The Balaban J connectivity index is 1.53. The standard InChI is InChI=1S/C23H26F4N2O3S/c1-28-22(13-16-12-20(26)21(27)14-19(16)25)15-6-9-29(10-7-15)23(30)8-11-33(31,32)18-4-2-17(24)3-5-18/h2-5,12,14-15,22,28H,6-11,13H2,1H3/t22-/m1/s1. The predicted octanol–water partition coefficient (Wildman–Crippen LogP) is 3.48. The van der Waals surface area contributed by atoms with E-state index in [-0.39, 0.29) is 46.9 Å². The molecular formula is C23H26F4N2O3S. The van der Waals surface area contributed by atoms with E-state index >= 15 is 0 Å². The van der Waals surface area contributed by atoms with Gasteiger partial charge < -0.3 is 10.2 Å². The zero-order chi connectivity index (χ0) is 24.2. The second-order valence-corrected chi connectivity index (χ2v) is 10.3. The number of sulfone groups is 1.